The van der Waals surface area contributed by atoms with Gasteiger partial charge in [0.1, 0.15) is 5.78 Å². The average Bonchev–Trinajstić information content (AvgIpc) is 2.57. The van der Waals surface area contributed by atoms with Crippen LogP contribution in [-0.2, 0) is 15.2 Å². The van der Waals surface area contributed by atoms with Crippen molar-refractivity contribution < 1.29 is 14.7 Å². The van der Waals surface area contributed by atoms with E-state index in [9.17, 15) is 14.7 Å². The third-order valence-electron chi connectivity index (χ3n) is 4.34. The molecule has 110 valence electrons. The van der Waals surface area contributed by atoms with E-state index in [-0.39, 0.29) is 12.2 Å². The number of hydrogen-bond acceptors (Lipinski definition) is 3. The first-order valence-corrected chi connectivity index (χ1v) is 7.08. The minimum Gasteiger partial charge on any atom is -0.375 e. The number of amides is 1. The zero-order chi connectivity index (χ0) is 15.6. The lowest BCUT2D eigenvalue weighted by molar-refractivity contribution is -0.141. The summed E-state index contributed by atoms with van der Waals surface area (Å²) in [4.78, 5) is 26.0. The van der Waals surface area contributed by atoms with Crippen LogP contribution in [0.15, 0.2) is 24.3 Å². The van der Waals surface area contributed by atoms with Crippen LogP contribution in [0, 0.1) is 0 Å². The molecule has 0 radical (unpaired) electrons. The Morgan fingerprint density at radius 3 is 2.62 bits per heavy atom. The van der Waals surface area contributed by atoms with Gasteiger partial charge in [-0.05, 0) is 33.3 Å². The molecule has 0 aromatic heterocycles. The standard InChI is InChI=1S/C17H19NO3/c1-10-8-16(3,4)18-14-12(10)6-5-7-13(14)17(21,15(18)20)9-11(2)19/h5-8,21H,9H2,1-4H3. The highest BCUT2D eigenvalue weighted by molar-refractivity contribution is 6.13. The van der Waals surface area contributed by atoms with E-state index < -0.39 is 17.0 Å². The number of Topliss-reactive ketones (excluding diaryl/α,β-unsaturated/α-hetero) is 1. The van der Waals surface area contributed by atoms with E-state index >= 15 is 0 Å². The summed E-state index contributed by atoms with van der Waals surface area (Å²) in [5.74, 6) is -0.611. The molecule has 1 unspecified atom stereocenters. The monoisotopic (exact) mass is 285 g/mol. The van der Waals surface area contributed by atoms with Crippen LogP contribution >= 0.6 is 0 Å². The Morgan fingerprint density at radius 2 is 2.00 bits per heavy atom. The number of ketones is 1. The van der Waals surface area contributed by atoms with Gasteiger partial charge in [0.15, 0.2) is 5.60 Å². The molecule has 4 heteroatoms. The molecule has 0 fully saturated rings. The zero-order valence-electron chi connectivity index (χ0n) is 12.7. The fourth-order valence-corrected chi connectivity index (χ4v) is 3.59. The van der Waals surface area contributed by atoms with Crippen LogP contribution in [0.25, 0.3) is 5.57 Å². The zero-order valence-corrected chi connectivity index (χ0v) is 12.7. The molecule has 2 heterocycles. The lowest BCUT2D eigenvalue weighted by Crippen LogP contribution is -2.51. The third-order valence-corrected chi connectivity index (χ3v) is 4.34. The summed E-state index contributed by atoms with van der Waals surface area (Å²) in [6.45, 7) is 7.27. The normalized spacial score (nSPS) is 25.7. The van der Waals surface area contributed by atoms with Gasteiger partial charge in [-0.15, -0.1) is 0 Å². The van der Waals surface area contributed by atoms with E-state index in [1.807, 2.05) is 39.0 Å². The van der Waals surface area contributed by atoms with Crippen LogP contribution in [0.3, 0.4) is 0 Å². The van der Waals surface area contributed by atoms with Gasteiger partial charge in [-0.25, -0.2) is 0 Å². The number of para-hydroxylation sites is 1. The molecule has 0 saturated heterocycles. The van der Waals surface area contributed by atoms with E-state index in [0.29, 0.717) is 5.56 Å². The van der Waals surface area contributed by atoms with E-state index in [1.165, 1.54) is 6.92 Å². The van der Waals surface area contributed by atoms with Crippen molar-refractivity contribution in [2.24, 2.45) is 0 Å². The van der Waals surface area contributed by atoms with Gasteiger partial charge in [0.05, 0.1) is 11.2 Å². The van der Waals surface area contributed by atoms with Crippen molar-refractivity contribution in [1.29, 1.82) is 0 Å². The van der Waals surface area contributed by atoms with Crippen molar-refractivity contribution in [1.82, 2.24) is 0 Å². The molecule has 0 aliphatic carbocycles. The first-order valence-electron chi connectivity index (χ1n) is 7.08. The van der Waals surface area contributed by atoms with Crippen molar-refractivity contribution in [3.63, 3.8) is 0 Å². The smallest absolute Gasteiger partial charge is 0.264 e. The second-order valence-corrected chi connectivity index (χ2v) is 6.56. The number of hydrogen-bond donors (Lipinski definition) is 1. The van der Waals surface area contributed by atoms with Crippen LogP contribution in [-0.4, -0.2) is 22.3 Å². The molecular formula is C17H19NO3. The number of nitrogens with zero attached hydrogens (tertiary/aromatic N) is 1. The minimum atomic E-state index is -1.74. The Hall–Kier alpha value is -1.94. The molecule has 0 bridgehead atoms. The summed E-state index contributed by atoms with van der Waals surface area (Å²) in [5.41, 5.74) is 1.04. The van der Waals surface area contributed by atoms with Crippen molar-refractivity contribution in [3.05, 3.63) is 35.4 Å². The van der Waals surface area contributed by atoms with Gasteiger partial charge in [-0.1, -0.05) is 24.3 Å². The van der Waals surface area contributed by atoms with Crippen LogP contribution in [0.2, 0.25) is 0 Å². The molecule has 2 aliphatic heterocycles. The molecule has 3 rings (SSSR count). The summed E-state index contributed by atoms with van der Waals surface area (Å²) in [7, 11) is 0. The van der Waals surface area contributed by atoms with Crippen LogP contribution in [0.1, 0.15) is 45.2 Å². The fraction of sp³-hybridized carbons (Fsp3) is 0.412. The highest BCUT2D eigenvalue weighted by Crippen LogP contribution is 2.51. The third kappa shape index (κ3) is 1.72. The predicted molar refractivity (Wildman–Crippen MR) is 80.9 cm³/mol. The maximum atomic E-state index is 12.9. The number of anilines is 1. The SMILES string of the molecule is CC(=O)CC1(O)C(=O)N2c3c(cccc31)C(C)=CC2(C)C. The predicted octanol–water partition coefficient (Wildman–Crippen LogP) is 2.40. The van der Waals surface area contributed by atoms with Crippen LogP contribution in [0.4, 0.5) is 5.69 Å². The Kier molecular flexibility index (Phi) is 2.70. The molecule has 1 aromatic carbocycles. The molecule has 1 atom stereocenters. The minimum absolute atomic E-state index is 0.187. The lowest BCUT2D eigenvalue weighted by Gasteiger charge is -2.39. The summed E-state index contributed by atoms with van der Waals surface area (Å²) in [5, 5.41) is 10.9. The molecule has 1 amide bonds. The van der Waals surface area contributed by atoms with Crippen molar-refractivity contribution >= 4 is 23.0 Å². The van der Waals surface area contributed by atoms with Crippen LogP contribution < -0.4 is 4.90 Å². The molecule has 0 saturated carbocycles. The topological polar surface area (TPSA) is 57.6 Å². The molecule has 0 spiro atoms. The maximum Gasteiger partial charge on any atom is 0.264 e. The Labute approximate surface area is 124 Å². The summed E-state index contributed by atoms with van der Waals surface area (Å²) in [6, 6.07) is 5.51. The highest BCUT2D eigenvalue weighted by Gasteiger charge is 2.55. The summed E-state index contributed by atoms with van der Waals surface area (Å²) < 4.78 is 0. The summed E-state index contributed by atoms with van der Waals surface area (Å²) >= 11 is 0. The fourth-order valence-electron chi connectivity index (χ4n) is 3.59. The molecule has 4 nitrogen and oxygen atoms in total. The Balaban J connectivity index is 2.31. The first kappa shape index (κ1) is 14.0. The number of rotatable bonds is 2. The molecule has 1 N–H and O–H groups in total. The van der Waals surface area contributed by atoms with Crippen LogP contribution in [0.5, 0.6) is 0 Å². The largest absolute Gasteiger partial charge is 0.375 e. The lowest BCUT2D eigenvalue weighted by atomic mass is 9.87. The number of carbonyl (C=O) groups excluding carboxylic acids is 2. The highest BCUT2D eigenvalue weighted by atomic mass is 16.3. The Bertz CT molecular complexity index is 702. The molecule has 21 heavy (non-hydrogen) atoms. The average molecular weight is 285 g/mol. The molecule has 1 aromatic rings. The number of aliphatic hydroxyl groups is 1. The van der Waals surface area contributed by atoms with Gasteiger partial charge in [-0.3, -0.25) is 14.5 Å². The Morgan fingerprint density at radius 1 is 1.33 bits per heavy atom. The van der Waals surface area contributed by atoms with Gasteiger partial charge in [0.2, 0.25) is 0 Å². The maximum absolute atomic E-state index is 12.9. The van der Waals surface area contributed by atoms with Gasteiger partial charge in [0.25, 0.3) is 5.91 Å². The van der Waals surface area contributed by atoms with Crippen molar-refractivity contribution in [2.45, 2.75) is 45.3 Å². The first-order chi connectivity index (χ1) is 9.68. The number of carbonyl (C=O) groups is 2. The van der Waals surface area contributed by atoms with Crippen molar-refractivity contribution in [3.8, 4) is 0 Å². The molecular weight excluding hydrogens is 266 g/mol. The van der Waals surface area contributed by atoms with E-state index in [0.717, 1.165) is 16.8 Å². The number of benzene rings is 1. The quantitative estimate of drug-likeness (QED) is 0.907. The second kappa shape index (κ2) is 4.04. The molecule has 2 aliphatic rings. The van der Waals surface area contributed by atoms with Gasteiger partial charge >= 0.3 is 0 Å². The second-order valence-electron chi connectivity index (χ2n) is 6.56. The van der Waals surface area contributed by atoms with Gasteiger partial charge < -0.3 is 5.11 Å². The van der Waals surface area contributed by atoms with E-state index in [4.69, 9.17) is 0 Å². The van der Waals surface area contributed by atoms with E-state index in [2.05, 4.69) is 0 Å². The number of allylic oxidation sites excluding steroid dienone is 1. The van der Waals surface area contributed by atoms with E-state index in [1.54, 1.807) is 11.0 Å². The van der Waals surface area contributed by atoms with Crippen molar-refractivity contribution in [2.75, 3.05) is 4.90 Å². The van der Waals surface area contributed by atoms with Gasteiger partial charge in [-0.2, -0.15) is 0 Å². The van der Waals surface area contributed by atoms with Gasteiger partial charge in [0, 0.05) is 17.5 Å². The summed E-state index contributed by atoms with van der Waals surface area (Å²) in [6.07, 6.45) is 1.84.